The molecule has 0 aromatic carbocycles. The molecule has 108 valence electrons. The van der Waals surface area contributed by atoms with E-state index in [0.29, 0.717) is 26.2 Å². The summed E-state index contributed by atoms with van der Waals surface area (Å²) < 4.78 is 0. The number of hydrogen-bond acceptors (Lipinski definition) is 4. The van der Waals surface area contributed by atoms with Crippen LogP contribution in [-0.2, 0) is 9.59 Å². The second-order valence-electron chi connectivity index (χ2n) is 5.52. The highest BCUT2D eigenvalue weighted by molar-refractivity contribution is 5.83. The zero-order valence-electron chi connectivity index (χ0n) is 11.5. The van der Waals surface area contributed by atoms with Gasteiger partial charge in [-0.2, -0.15) is 0 Å². The molecule has 6 nitrogen and oxygen atoms in total. The second kappa shape index (κ2) is 5.88. The number of rotatable bonds is 4. The van der Waals surface area contributed by atoms with Crippen molar-refractivity contribution < 1.29 is 14.7 Å². The number of amides is 1. The third-order valence-corrected chi connectivity index (χ3v) is 4.39. The summed E-state index contributed by atoms with van der Waals surface area (Å²) in [4.78, 5) is 27.1. The number of carbonyl (C=O) groups excluding carboxylic acids is 1. The molecule has 2 rings (SSSR count). The van der Waals surface area contributed by atoms with Crippen LogP contribution >= 0.6 is 0 Å². The summed E-state index contributed by atoms with van der Waals surface area (Å²) in [5.74, 6) is -0.556. The predicted molar refractivity (Wildman–Crippen MR) is 70.9 cm³/mol. The van der Waals surface area contributed by atoms with Gasteiger partial charge in [-0.15, -0.1) is 0 Å². The summed E-state index contributed by atoms with van der Waals surface area (Å²) in [6.07, 6.45) is 1.78. The van der Waals surface area contributed by atoms with E-state index in [-0.39, 0.29) is 17.9 Å². The standard InChI is InChI=1S/C13H23N3O3/c1-2-13(3-4-14-10-13)12(19)16-7-5-15(6-8-16)9-11(17)18/h14H,2-10H2,1H3,(H,17,18). The topological polar surface area (TPSA) is 72.9 Å². The molecular formula is C13H23N3O3. The first-order chi connectivity index (χ1) is 9.07. The van der Waals surface area contributed by atoms with Crippen molar-refractivity contribution in [2.24, 2.45) is 5.41 Å². The maximum atomic E-state index is 12.6. The van der Waals surface area contributed by atoms with Crippen molar-refractivity contribution in [3.05, 3.63) is 0 Å². The van der Waals surface area contributed by atoms with Crippen LogP contribution in [0.1, 0.15) is 19.8 Å². The monoisotopic (exact) mass is 269 g/mol. The van der Waals surface area contributed by atoms with E-state index >= 15 is 0 Å². The minimum Gasteiger partial charge on any atom is -0.480 e. The van der Waals surface area contributed by atoms with E-state index in [1.165, 1.54) is 0 Å². The van der Waals surface area contributed by atoms with Crippen molar-refractivity contribution in [2.75, 3.05) is 45.8 Å². The maximum absolute atomic E-state index is 12.6. The maximum Gasteiger partial charge on any atom is 0.317 e. The predicted octanol–water partition coefficient (Wildman–Crippen LogP) is -0.395. The zero-order chi connectivity index (χ0) is 13.9. The van der Waals surface area contributed by atoms with Crippen LogP contribution in [-0.4, -0.2) is 72.6 Å². The van der Waals surface area contributed by atoms with Crippen LogP contribution in [0.5, 0.6) is 0 Å². The molecule has 6 heteroatoms. The van der Waals surface area contributed by atoms with Crippen LogP contribution < -0.4 is 5.32 Å². The normalized spacial score (nSPS) is 28.6. The Bertz CT molecular complexity index is 345. The van der Waals surface area contributed by atoms with Gasteiger partial charge in [0.25, 0.3) is 0 Å². The second-order valence-corrected chi connectivity index (χ2v) is 5.52. The smallest absolute Gasteiger partial charge is 0.317 e. The van der Waals surface area contributed by atoms with E-state index in [1.54, 1.807) is 0 Å². The van der Waals surface area contributed by atoms with Crippen molar-refractivity contribution in [1.29, 1.82) is 0 Å². The summed E-state index contributed by atoms with van der Waals surface area (Å²) in [6, 6.07) is 0. The molecule has 0 bridgehead atoms. The minimum atomic E-state index is -0.801. The van der Waals surface area contributed by atoms with Crippen molar-refractivity contribution in [3.8, 4) is 0 Å². The fourth-order valence-corrected chi connectivity index (χ4v) is 3.02. The van der Waals surface area contributed by atoms with Crippen LogP contribution in [0.15, 0.2) is 0 Å². The van der Waals surface area contributed by atoms with E-state index in [9.17, 15) is 9.59 Å². The van der Waals surface area contributed by atoms with Crippen molar-refractivity contribution in [1.82, 2.24) is 15.1 Å². The largest absolute Gasteiger partial charge is 0.480 e. The van der Waals surface area contributed by atoms with E-state index in [4.69, 9.17) is 5.11 Å². The molecule has 2 aliphatic rings. The Kier molecular flexibility index (Phi) is 4.42. The van der Waals surface area contributed by atoms with Gasteiger partial charge >= 0.3 is 5.97 Å². The highest BCUT2D eigenvalue weighted by Gasteiger charge is 2.42. The van der Waals surface area contributed by atoms with Crippen molar-refractivity contribution in [2.45, 2.75) is 19.8 Å². The molecule has 1 unspecified atom stereocenters. The van der Waals surface area contributed by atoms with Gasteiger partial charge in [0, 0.05) is 32.7 Å². The Morgan fingerprint density at radius 1 is 1.26 bits per heavy atom. The Balaban J connectivity index is 1.90. The van der Waals surface area contributed by atoms with Crippen LogP contribution in [0.25, 0.3) is 0 Å². The van der Waals surface area contributed by atoms with Crippen molar-refractivity contribution >= 4 is 11.9 Å². The summed E-state index contributed by atoms with van der Waals surface area (Å²) in [5, 5.41) is 12.0. The number of aliphatic carboxylic acids is 1. The summed E-state index contributed by atoms with van der Waals surface area (Å²) in [5.41, 5.74) is -0.227. The SMILES string of the molecule is CCC1(C(=O)N2CCN(CC(=O)O)CC2)CCNC1. The highest BCUT2D eigenvalue weighted by Crippen LogP contribution is 2.32. The summed E-state index contributed by atoms with van der Waals surface area (Å²) in [7, 11) is 0. The molecule has 2 N–H and O–H groups in total. The van der Waals surface area contributed by atoms with Gasteiger partial charge in [-0.3, -0.25) is 14.5 Å². The number of nitrogens with one attached hydrogen (secondary N) is 1. The average molecular weight is 269 g/mol. The molecule has 0 saturated carbocycles. The number of nitrogens with zero attached hydrogens (tertiary/aromatic N) is 2. The number of carboxylic acids is 1. The molecule has 2 fully saturated rings. The molecule has 19 heavy (non-hydrogen) atoms. The molecule has 1 amide bonds. The van der Waals surface area contributed by atoms with Gasteiger partial charge in [-0.25, -0.2) is 0 Å². The summed E-state index contributed by atoms with van der Waals surface area (Å²) >= 11 is 0. The fraction of sp³-hybridized carbons (Fsp3) is 0.846. The van der Waals surface area contributed by atoms with Gasteiger partial charge in [-0.05, 0) is 19.4 Å². The van der Waals surface area contributed by atoms with Crippen LogP contribution in [0, 0.1) is 5.41 Å². The lowest BCUT2D eigenvalue weighted by Gasteiger charge is -2.38. The Morgan fingerprint density at radius 2 is 1.95 bits per heavy atom. The first-order valence-electron chi connectivity index (χ1n) is 7.02. The third-order valence-electron chi connectivity index (χ3n) is 4.39. The minimum absolute atomic E-state index is 0.0719. The first-order valence-corrected chi connectivity index (χ1v) is 7.02. The molecule has 2 aliphatic heterocycles. The quantitative estimate of drug-likeness (QED) is 0.727. The molecule has 1 atom stereocenters. The van der Waals surface area contributed by atoms with Gasteiger partial charge < -0.3 is 15.3 Å². The van der Waals surface area contributed by atoms with Crippen LogP contribution in [0.4, 0.5) is 0 Å². The lowest BCUT2D eigenvalue weighted by molar-refractivity contribution is -0.144. The number of hydrogen-bond donors (Lipinski definition) is 2. The number of piperazine rings is 1. The van der Waals surface area contributed by atoms with Crippen LogP contribution in [0.3, 0.4) is 0 Å². The van der Waals surface area contributed by atoms with E-state index in [0.717, 1.165) is 25.9 Å². The molecule has 0 aromatic heterocycles. The van der Waals surface area contributed by atoms with Gasteiger partial charge in [-0.1, -0.05) is 6.92 Å². The first kappa shape index (κ1) is 14.3. The molecular weight excluding hydrogens is 246 g/mol. The van der Waals surface area contributed by atoms with Crippen molar-refractivity contribution in [3.63, 3.8) is 0 Å². The van der Waals surface area contributed by atoms with Gasteiger partial charge in [0.15, 0.2) is 0 Å². The molecule has 0 aliphatic carbocycles. The molecule has 0 spiro atoms. The number of carbonyl (C=O) groups is 2. The van der Waals surface area contributed by atoms with Gasteiger partial charge in [0.1, 0.15) is 0 Å². The zero-order valence-corrected chi connectivity index (χ0v) is 11.5. The lowest BCUT2D eigenvalue weighted by atomic mass is 9.82. The summed E-state index contributed by atoms with van der Waals surface area (Å²) in [6.45, 7) is 6.45. The van der Waals surface area contributed by atoms with E-state index in [1.807, 2.05) is 9.80 Å². The Morgan fingerprint density at radius 3 is 2.42 bits per heavy atom. The van der Waals surface area contributed by atoms with Crippen LogP contribution in [0.2, 0.25) is 0 Å². The third kappa shape index (κ3) is 3.06. The van der Waals surface area contributed by atoms with Gasteiger partial charge in [0.05, 0.1) is 12.0 Å². The fourth-order valence-electron chi connectivity index (χ4n) is 3.02. The Hall–Kier alpha value is -1.14. The average Bonchev–Trinajstić information content (AvgIpc) is 2.88. The molecule has 0 aromatic rings. The van der Waals surface area contributed by atoms with Gasteiger partial charge in [0.2, 0.25) is 5.91 Å². The molecule has 2 heterocycles. The molecule has 0 radical (unpaired) electrons. The van der Waals surface area contributed by atoms with E-state index in [2.05, 4.69) is 12.2 Å². The highest BCUT2D eigenvalue weighted by atomic mass is 16.4. The van der Waals surface area contributed by atoms with E-state index < -0.39 is 5.97 Å². The number of carboxylic acid groups (broad SMARTS) is 1. The Labute approximate surface area is 113 Å². The lowest BCUT2D eigenvalue weighted by Crippen LogP contribution is -2.54. The molecule has 2 saturated heterocycles.